The molecule has 2 N–H and O–H groups in total. The quantitative estimate of drug-likeness (QED) is 0.196. The van der Waals surface area contributed by atoms with Crippen LogP contribution in [-0.2, 0) is 19.0 Å². The molecule has 2 aromatic carbocycles. The second-order valence-corrected chi connectivity index (χ2v) is 8.15. The molecule has 1 amide bonds. The minimum absolute atomic E-state index is 0.0329. The summed E-state index contributed by atoms with van der Waals surface area (Å²) in [5.41, 5.74) is 1.16. The van der Waals surface area contributed by atoms with Crippen LogP contribution in [0.4, 0.5) is 10.5 Å². The van der Waals surface area contributed by atoms with Gasteiger partial charge in [0.2, 0.25) is 0 Å². The third-order valence-corrected chi connectivity index (χ3v) is 5.66. The Balaban J connectivity index is 2.27. The average molecular weight is 510 g/mol. The second-order valence-electron chi connectivity index (χ2n) is 6.95. The zero-order chi connectivity index (χ0) is 24.8. The first-order valence-electron chi connectivity index (χ1n) is 10.8. The number of ether oxygens (including phenoxy) is 4. The molecule has 0 fully saturated rings. The summed E-state index contributed by atoms with van der Waals surface area (Å²) < 4.78 is 22.5. The van der Waals surface area contributed by atoms with Crippen molar-refractivity contribution < 1.29 is 33.6 Å². The highest BCUT2D eigenvalue weighted by molar-refractivity contribution is 7.98. The van der Waals surface area contributed by atoms with Crippen LogP contribution in [0.5, 0.6) is 5.75 Å². The fourth-order valence-corrected chi connectivity index (χ4v) is 3.65. The number of carbonyl (C=O) groups excluding carboxylic acids is 2. The first kappa shape index (κ1) is 27.8. The van der Waals surface area contributed by atoms with Gasteiger partial charge in [0.25, 0.3) is 0 Å². The number of aliphatic hydroxyl groups excluding tert-OH is 1. The number of carbonyl (C=O) groups is 2. The first-order chi connectivity index (χ1) is 16.5. The van der Waals surface area contributed by atoms with E-state index < -0.39 is 24.3 Å². The minimum Gasteiger partial charge on any atom is -0.491 e. The van der Waals surface area contributed by atoms with Crippen LogP contribution in [0.2, 0.25) is 0 Å². The molecule has 0 aliphatic heterocycles. The fourth-order valence-electron chi connectivity index (χ4n) is 3.15. The predicted molar refractivity (Wildman–Crippen MR) is 135 cm³/mol. The van der Waals surface area contributed by atoms with Crippen molar-refractivity contribution in [2.75, 3.05) is 43.8 Å². The van der Waals surface area contributed by atoms with E-state index in [0.717, 1.165) is 4.90 Å². The van der Waals surface area contributed by atoms with E-state index in [1.165, 1.54) is 0 Å². The molecule has 0 aromatic heterocycles. The molecule has 0 saturated carbocycles. The van der Waals surface area contributed by atoms with Gasteiger partial charge in [-0.1, -0.05) is 18.2 Å². The Labute approximate surface area is 209 Å². The number of aliphatic hydroxyl groups is 1. The van der Waals surface area contributed by atoms with E-state index >= 15 is 0 Å². The first-order valence-corrected chi connectivity index (χ1v) is 12.7. The second kappa shape index (κ2) is 15.5. The lowest BCUT2D eigenvalue weighted by Crippen LogP contribution is -2.30. The van der Waals surface area contributed by atoms with Crippen LogP contribution in [0.1, 0.15) is 25.0 Å². The van der Waals surface area contributed by atoms with Crippen LogP contribution in [0.3, 0.4) is 0 Å². The number of para-hydroxylation sites is 1. The van der Waals surface area contributed by atoms with Crippen molar-refractivity contribution in [2.24, 2.45) is 0 Å². The van der Waals surface area contributed by atoms with Crippen molar-refractivity contribution in [3.63, 3.8) is 0 Å². The van der Waals surface area contributed by atoms with E-state index in [2.05, 4.69) is 17.9 Å². The molecule has 0 bridgehead atoms. The Kier molecular flexibility index (Phi) is 12.7. The minimum atomic E-state index is -0.866. The van der Waals surface area contributed by atoms with E-state index in [1.54, 1.807) is 48.2 Å². The maximum atomic E-state index is 12.8. The molecule has 2 rings (SSSR count). The standard InChI is InChI=1S/C24H31NO7S2/c1-3-29-21(12-14-31-22(27)16-33)23(19-6-4-5-7-20(19)30-15-13-26)32-24(28)25-17-8-10-18(34-2)11-9-17/h4-11,21,23,26,33H,3,12-16H2,1-2H3,(H,25,28)/t21-,23-/m1/s1. The van der Waals surface area contributed by atoms with Crippen LogP contribution in [0.25, 0.3) is 0 Å². The molecule has 0 unspecified atom stereocenters. The van der Waals surface area contributed by atoms with Crippen LogP contribution in [0, 0.1) is 0 Å². The summed E-state index contributed by atoms with van der Waals surface area (Å²) in [7, 11) is 0. The molecular formula is C24H31NO7S2. The van der Waals surface area contributed by atoms with E-state index in [-0.39, 0.29) is 32.0 Å². The summed E-state index contributed by atoms with van der Waals surface area (Å²) in [6, 6.07) is 14.4. The number of rotatable bonds is 14. The lowest BCUT2D eigenvalue weighted by Gasteiger charge is -2.28. The Morgan fingerprint density at radius 1 is 1.12 bits per heavy atom. The van der Waals surface area contributed by atoms with Crippen molar-refractivity contribution in [3.8, 4) is 5.75 Å². The SMILES string of the molecule is CCO[C@H](CCOC(=O)CS)[C@H](OC(=O)Nc1ccc(SC)cc1)c1ccccc1OCCO. The molecule has 0 heterocycles. The molecule has 8 nitrogen and oxygen atoms in total. The number of benzene rings is 2. The molecule has 34 heavy (non-hydrogen) atoms. The average Bonchev–Trinajstić information content (AvgIpc) is 2.86. The lowest BCUT2D eigenvalue weighted by molar-refractivity contribution is -0.142. The summed E-state index contributed by atoms with van der Waals surface area (Å²) in [4.78, 5) is 25.4. The van der Waals surface area contributed by atoms with Crippen molar-refractivity contribution in [2.45, 2.75) is 30.4 Å². The third-order valence-electron chi connectivity index (χ3n) is 4.66. The van der Waals surface area contributed by atoms with Crippen LogP contribution < -0.4 is 10.1 Å². The van der Waals surface area contributed by atoms with E-state index in [1.807, 2.05) is 25.3 Å². The Hall–Kier alpha value is -2.40. The molecule has 0 radical (unpaired) electrons. The molecule has 2 aromatic rings. The number of thioether (sulfide) groups is 1. The Morgan fingerprint density at radius 2 is 1.85 bits per heavy atom. The number of hydrogen-bond acceptors (Lipinski definition) is 9. The van der Waals surface area contributed by atoms with Crippen LogP contribution in [0.15, 0.2) is 53.4 Å². The van der Waals surface area contributed by atoms with Gasteiger partial charge >= 0.3 is 12.1 Å². The summed E-state index contributed by atoms with van der Waals surface area (Å²) >= 11 is 5.51. The summed E-state index contributed by atoms with van der Waals surface area (Å²) in [5, 5.41) is 11.9. The molecule has 0 aliphatic carbocycles. The van der Waals surface area contributed by atoms with Gasteiger partial charge in [0, 0.05) is 29.2 Å². The van der Waals surface area contributed by atoms with E-state index in [4.69, 9.17) is 18.9 Å². The molecule has 186 valence electrons. The van der Waals surface area contributed by atoms with Gasteiger partial charge < -0.3 is 24.1 Å². The third kappa shape index (κ3) is 9.09. The van der Waals surface area contributed by atoms with E-state index in [0.29, 0.717) is 23.6 Å². The number of thiol groups is 1. The van der Waals surface area contributed by atoms with Gasteiger partial charge in [-0.05, 0) is 43.5 Å². The molecule has 0 saturated heterocycles. The number of nitrogens with one attached hydrogen (secondary N) is 1. The van der Waals surface area contributed by atoms with Crippen molar-refractivity contribution >= 4 is 42.1 Å². The van der Waals surface area contributed by atoms with Gasteiger partial charge in [-0.2, -0.15) is 12.6 Å². The highest BCUT2D eigenvalue weighted by Crippen LogP contribution is 2.33. The highest BCUT2D eigenvalue weighted by atomic mass is 32.2. The molecule has 0 spiro atoms. The number of anilines is 1. The number of esters is 1. The monoisotopic (exact) mass is 509 g/mol. The molecule has 10 heteroatoms. The number of hydrogen-bond donors (Lipinski definition) is 3. The van der Waals surface area contributed by atoms with E-state index in [9.17, 15) is 14.7 Å². The van der Waals surface area contributed by atoms with Crippen molar-refractivity contribution in [3.05, 3.63) is 54.1 Å². The molecule has 2 atom stereocenters. The van der Waals surface area contributed by atoms with Crippen LogP contribution in [-0.4, -0.2) is 61.7 Å². The molecule has 0 aliphatic rings. The topological polar surface area (TPSA) is 103 Å². The normalized spacial score (nSPS) is 12.5. The van der Waals surface area contributed by atoms with Crippen molar-refractivity contribution in [1.82, 2.24) is 0 Å². The predicted octanol–water partition coefficient (Wildman–Crippen LogP) is 4.34. The van der Waals surface area contributed by atoms with Gasteiger partial charge in [-0.15, -0.1) is 11.8 Å². The smallest absolute Gasteiger partial charge is 0.412 e. The van der Waals surface area contributed by atoms with Gasteiger partial charge in [-0.25, -0.2) is 4.79 Å². The highest BCUT2D eigenvalue weighted by Gasteiger charge is 2.30. The lowest BCUT2D eigenvalue weighted by atomic mass is 10.0. The summed E-state index contributed by atoms with van der Waals surface area (Å²) in [6.07, 6.45) is 0.0910. The number of amides is 1. The maximum Gasteiger partial charge on any atom is 0.412 e. The zero-order valence-electron chi connectivity index (χ0n) is 19.3. The molecular weight excluding hydrogens is 478 g/mol. The zero-order valence-corrected chi connectivity index (χ0v) is 21.0. The van der Waals surface area contributed by atoms with Gasteiger partial charge in [0.1, 0.15) is 18.5 Å². The fraction of sp³-hybridized carbons (Fsp3) is 0.417. The Morgan fingerprint density at radius 3 is 2.50 bits per heavy atom. The summed E-state index contributed by atoms with van der Waals surface area (Å²) in [5.74, 6) is -0.0284. The maximum absolute atomic E-state index is 12.8. The van der Waals surface area contributed by atoms with Gasteiger partial charge in [-0.3, -0.25) is 10.1 Å². The van der Waals surface area contributed by atoms with Crippen molar-refractivity contribution in [1.29, 1.82) is 0 Å². The van der Waals surface area contributed by atoms with Gasteiger partial charge in [0.05, 0.1) is 19.0 Å². The summed E-state index contributed by atoms with van der Waals surface area (Å²) in [6.45, 7) is 2.16. The Bertz CT molecular complexity index is 895. The van der Waals surface area contributed by atoms with Crippen LogP contribution >= 0.6 is 24.4 Å². The van der Waals surface area contributed by atoms with Gasteiger partial charge in [0.15, 0.2) is 6.10 Å². The largest absolute Gasteiger partial charge is 0.491 e.